The van der Waals surface area contributed by atoms with Gasteiger partial charge in [-0.05, 0) is 36.8 Å². The predicted molar refractivity (Wildman–Crippen MR) is 66.4 cm³/mol. The van der Waals surface area contributed by atoms with Crippen molar-refractivity contribution in [2.75, 3.05) is 0 Å². The van der Waals surface area contributed by atoms with Crippen LogP contribution >= 0.6 is 0 Å². The van der Waals surface area contributed by atoms with Crippen molar-refractivity contribution in [3.05, 3.63) is 57.9 Å². The maximum Gasteiger partial charge on any atom is 0.323 e. The summed E-state index contributed by atoms with van der Waals surface area (Å²) in [5.41, 5.74) is 1.80. The molecule has 5 nitrogen and oxygen atoms in total. The molecule has 18 heavy (non-hydrogen) atoms. The fourth-order valence-electron chi connectivity index (χ4n) is 1.98. The lowest BCUT2D eigenvalue weighted by atomic mass is 10.1. The van der Waals surface area contributed by atoms with Crippen LogP contribution in [0.3, 0.4) is 0 Å². The second kappa shape index (κ2) is 3.89. The van der Waals surface area contributed by atoms with Gasteiger partial charge >= 0.3 is 5.69 Å². The molecule has 0 bridgehead atoms. The van der Waals surface area contributed by atoms with E-state index in [4.69, 9.17) is 4.42 Å². The van der Waals surface area contributed by atoms with E-state index in [1.807, 2.05) is 6.92 Å². The fraction of sp³-hybridized carbons (Fsp3) is 0.154. The summed E-state index contributed by atoms with van der Waals surface area (Å²) in [5, 5.41) is 10.2. The lowest BCUT2D eigenvalue weighted by Crippen LogP contribution is -1.99. The third-order valence-electron chi connectivity index (χ3n) is 2.89. The molecule has 0 saturated carbocycles. The number of furan rings is 1. The van der Waals surface area contributed by atoms with Crippen LogP contribution in [0.25, 0.3) is 11.0 Å². The number of nitrogens with one attached hydrogen (secondary N) is 2. The third kappa shape index (κ3) is 1.74. The summed E-state index contributed by atoms with van der Waals surface area (Å²) in [6, 6.07) is 8.78. The van der Waals surface area contributed by atoms with E-state index < -0.39 is 6.10 Å². The van der Waals surface area contributed by atoms with Gasteiger partial charge in [-0.15, -0.1) is 0 Å². The van der Waals surface area contributed by atoms with Crippen LogP contribution in [0.2, 0.25) is 0 Å². The van der Waals surface area contributed by atoms with Crippen LogP contribution < -0.4 is 5.69 Å². The Kier molecular flexibility index (Phi) is 2.34. The van der Waals surface area contributed by atoms with Crippen LogP contribution in [0.4, 0.5) is 0 Å². The zero-order valence-corrected chi connectivity index (χ0v) is 9.73. The second-order valence-corrected chi connectivity index (χ2v) is 4.24. The predicted octanol–water partition coefficient (Wildman–Crippen LogP) is 1.84. The number of H-pyrrole nitrogens is 2. The third-order valence-corrected chi connectivity index (χ3v) is 2.89. The van der Waals surface area contributed by atoms with Gasteiger partial charge in [-0.3, -0.25) is 0 Å². The van der Waals surface area contributed by atoms with Crippen LogP contribution in [-0.4, -0.2) is 15.1 Å². The van der Waals surface area contributed by atoms with E-state index in [2.05, 4.69) is 9.97 Å². The van der Waals surface area contributed by atoms with Gasteiger partial charge in [0, 0.05) is 0 Å². The van der Waals surface area contributed by atoms with Crippen molar-refractivity contribution < 1.29 is 9.52 Å². The number of fused-ring (bicyclic) bond motifs is 1. The van der Waals surface area contributed by atoms with Crippen molar-refractivity contribution in [2.24, 2.45) is 0 Å². The minimum absolute atomic E-state index is 0.259. The second-order valence-electron chi connectivity index (χ2n) is 4.24. The summed E-state index contributed by atoms with van der Waals surface area (Å²) in [4.78, 5) is 16.5. The average Bonchev–Trinajstić information content (AvgIpc) is 2.92. The van der Waals surface area contributed by atoms with Gasteiger partial charge in [0.2, 0.25) is 0 Å². The number of aromatic nitrogens is 2. The van der Waals surface area contributed by atoms with Gasteiger partial charge < -0.3 is 19.5 Å². The van der Waals surface area contributed by atoms with E-state index in [1.54, 1.807) is 30.3 Å². The first-order chi connectivity index (χ1) is 8.63. The molecule has 0 amide bonds. The Morgan fingerprint density at radius 3 is 2.67 bits per heavy atom. The minimum atomic E-state index is -0.832. The molecular weight excluding hydrogens is 232 g/mol. The number of hydrogen-bond donors (Lipinski definition) is 3. The normalized spacial score (nSPS) is 13.0. The molecule has 1 aromatic carbocycles. The summed E-state index contributed by atoms with van der Waals surface area (Å²) < 4.78 is 5.39. The quantitative estimate of drug-likeness (QED) is 0.643. The number of aromatic amines is 2. The van der Waals surface area contributed by atoms with Crippen LogP contribution in [0.15, 0.2) is 39.5 Å². The van der Waals surface area contributed by atoms with Crippen LogP contribution in [-0.2, 0) is 0 Å². The lowest BCUT2D eigenvalue weighted by Gasteiger charge is -2.07. The monoisotopic (exact) mass is 244 g/mol. The minimum Gasteiger partial charge on any atom is -0.463 e. The molecule has 3 aromatic rings. The van der Waals surface area contributed by atoms with E-state index in [0.29, 0.717) is 22.4 Å². The number of benzene rings is 1. The number of aryl methyl sites for hydroxylation is 1. The molecule has 0 fully saturated rings. The first kappa shape index (κ1) is 10.9. The Labute approximate surface area is 102 Å². The molecule has 0 spiro atoms. The van der Waals surface area contributed by atoms with Gasteiger partial charge in [0.15, 0.2) is 0 Å². The molecule has 0 radical (unpaired) electrons. The molecule has 5 heteroatoms. The van der Waals surface area contributed by atoms with Crippen LogP contribution in [0.1, 0.15) is 23.2 Å². The molecule has 0 aliphatic heterocycles. The summed E-state index contributed by atoms with van der Waals surface area (Å²) in [6.07, 6.45) is -0.832. The molecule has 1 atom stereocenters. The summed E-state index contributed by atoms with van der Waals surface area (Å²) >= 11 is 0. The SMILES string of the molecule is Cc1ccc(C(O)c2ccc3[nH]c(=O)[nH]c3c2)o1. The number of rotatable bonds is 2. The van der Waals surface area contributed by atoms with E-state index in [-0.39, 0.29) is 5.69 Å². The summed E-state index contributed by atoms with van der Waals surface area (Å²) in [6.45, 7) is 1.82. The maximum absolute atomic E-state index is 11.2. The highest BCUT2D eigenvalue weighted by Gasteiger charge is 2.14. The standard InChI is InChI=1S/C13H12N2O3/c1-7-2-5-11(18-7)12(16)8-3-4-9-10(6-8)15-13(17)14-9/h2-6,12,16H,1H3,(H2,14,15,17). The fourth-order valence-corrected chi connectivity index (χ4v) is 1.98. The van der Waals surface area contributed by atoms with Crippen molar-refractivity contribution in [3.63, 3.8) is 0 Å². The molecular formula is C13H12N2O3. The number of imidazole rings is 1. The molecule has 2 aromatic heterocycles. The van der Waals surface area contributed by atoms with E-state index in [1.165, 1.54) is 0 Å². The topological polar surface area (TPSA) is 82.0 Å². The molecule has 2 heterocycles. The van der Waals surface area contributed by atoms with Crippen LogP contribution in [0, 0.1) is 6.92 Å². The highest BCUT2D eigenvalue weighted by Crippen LogP contribution is 2.25. The number of hydrogen-bond acceptors (Lipinski definition) is 3. The Hall–Kier alpha value is -2.27. The molecule has 1 unspecified atom stereocenters. The van der Waals surface area contributed by atoms with Crippen molar-refractivity contribution >= 4 is 11.0 Å². The van der Waals surface area contributed by atoms with Gasteiger partial charge in [-0.2, -0.15) is 0 Å². The average molecular weight is 244 g/mol. The van der Waals surface area contributed by atoms with E-state index in [0.717, 1.165) is 5.76 Å². The van der Waals surface area contributed by atoms with Gasteiger partial charge in [-0.1, -0.05) is 6.07 Å². The molecule has 0 aliphatic rings. The first-order valence-corrected chi connectivity index (χ1v) is 5.60. The maximum atomic E-state index is 11.2. The number of aliphatic hydroxyl groups is 1. The van der Waals surface area contributed by atoms with Crippen molar-refractivity contribution in [1.29, 1.82) is 0 Å². The molecule has 0 saturated heterocycles. The highest BCUT2D eigenvalue weighted by atomic mass is 16.4. The molecule has 0 aliphatic carbocycles. The van der Waals surface area contributed by atoms with Gasteiger partial charge in [0.1, 0.15) is 17.6 Å². The van der Waals surface area contributed by atoms with Crippen molar-refractivity contribution in [1.82, 2.24) is 9.97 Å². The number of aliphatic hydroxyl groups excluding tert-OH is 1. The first-order valence-electron chi connectivity index (χ1n) is 5.60. The molecule has 92 valence electrons. The van der Waals surface area contributed by atoms with Gasteiger partial charge in [0.25, 0.3) is 0 Å². The lowest BCUT2D eigenvalue weighted by molar-refractivity contribution is 0.188. The Bertz CT molecular complexity index is 751. The Balaban J connectivity index is 2.05. The van der Waals surface area contributed by atoms with E-state index in [9.17, 15) is 9.90 Å². The largest absolute Gasteiger partial charge is 0.463 e. The summed E-state index contributed by atoms with van der Waals surface area (Å²) in [5.74, 6) is 1.24. The summed E-state index contributed by atoms with van der Waals surface area (Å²) in [7, 11) is 0. The van der Waals surface area contributed by atoms with Crippen LogP contribution in [0.5, 0.6) is 0 Å². The Morgan fingerprint density at radius 2 is 1.94 bits per heavy atom. The van der Waals surface area contributed by atoms with Gasteiger partial charge in [-0.25, -0.2) is 4.79 Å². The molecule has 3 N–H and O–H groups in total. The Morgan fingerprint density at radius 1 is 1.17 bits per heavy atom. The smallest absolute Gasteiger partial charge is 0.323 e. The zero-order valence-electron chi connectivity index (χ0n) is 9.73. The van der Waals surface area contributed by atoms with Crippen molar-refractivity contribution in [3.8, 4) is 0 Å². The van der Waals surface area contributed by atoms with Gasteiger partial charge in [0.05, 0.1) is 11.0 Å². The highest BCUT2D eigenvalue weighted by molar-refractivity contribution is 5.75. The van der Waals surface area contributed by atoms with E-state index >= 15 is 0 Å². The van der Waals surface area contributed by atoms with Crippen molar-refractivity contribution in [2.45, 2.75) is 13.0 Å². The molecule has 3 rings (SSSR count). The zero-order chi connectivity index (χ0) is 12.7.